The Morgan fingerprint density at radius 3 is 1.79 bits per heavy atom. The van der Waals surface area contributed by atoms with Crippen molar-refractivity contribution < 1.29 is 14.3 Å². The number of nitrogens with zero attached hydrogens (tertiary/aromatic N) is 1. The molecule has 0 aliphatic rings. The zero-order valence-corrected chi connectivity index (χ0v) is 16.3. The molecule has 0 heterocycles. The number of hydrogen-bond acceptors (Lipinski definition) is 3. The Hall–Kier alpha value is -2.04. The first-order valence-corrected chi connectivity index (χ1v) is 8.14. The first-order chi connectivity index (χ1) is 10.7. The third kappa shape index (κ3) is 5.25. The van der Waals surface area contributed by atoms with Crippen LogP contribution in [0.25, 0.3) is 0 Å². The standard InChI is InChI=1S/C19H30N2O3/c1-12-10-15(11-13(2)14(12)3)16(22)21(18(4,5)6)20-17(23)24-19(7,8)9/h10-11H,1-9H3,(H,20,23). The minimum atomic E-state index is -0.647. The molecule has 5 nitrogen and oxygen atoms in total. The van der Waals surface area contributed by atoms with Gasteiger partial charge >= 0.3 is 6.09 Å². The molecule has 0 aromatic heterocycles. The van der Waals surface area contributed by atoms with Crippen molar-refractivity contribution >= 4 is 12.0 Å². The van der Waals surface area contributed by atoms with E-state index < -0.39 is 17.2 Å². The van der Waals surface area contributed by atoms with Gasteiger partial charge in [0.05, 0.1) is 5.54 Å². The van der Waals surface area contributed by atoms with Gasteiger partial charge in [-0.15, -0.1) is 0 Å². The van der Waals surface area contributed by atoms with Crippen molar-refractivity contribution in [2.45, 2.75) is 73.5 Å². The molecule has 0 radical (unpaired) electrons. The van der Waals surface area contributed by atoms with Gasteiger partial charge in [-0.05, 0) is 91.1 Å². The van der Waals surface area contributed by atoms with Crippen LogP contribution in [-0.4, -0.2) is 28.1 Å². The van der Waals surface area contributed by atoms with Crippen LogP contribution in [0.15, 0.2) is 12.1 Å². The van der Waals surface area contributed by atoms with Crippen LogP contribution in [0, 0.1) is 20.8 Å². The predicted molar refractivity (Wildman–Crippen MR) is 95.9 cm³/mol. The first kappa shape index (κ1) is 20.0. The van der Waals surface area contributed by atoms with Crippen LogP contribution in [0.4, 0.5) is 4.79 Å². The average Bonchev–Trinajstić information content (AvgIpc) is 2.37. The van der Waals surface area contributed by atoms with Gasteiger partial charge in [0, 0.05) is 5.56 Å². The maximum absolute atomic E-state index is 13.0. The number of aryl methyl sites for hydroxylation is 2. The van der Waals surface area contributed by atoms with Gasteiger partial charge in [0.25, 0.3) is 5.91 Å². The number of amides is 2. The minimum Gasteiger partial charge on any atom is -0.443 e. The Morgan fingerprint density at radius 1 is 0.958 bits per heavy atom. The molecule has 24 heavy (non-hydrogen) atoms. The van der Waals surface area contributed by atoms with E-state index >= 15 is 0 Å². The molecule has 5 heteroatoms. The lowest BCUT2D eigenvalue weighted by molar-refractivity contribution is 0.0118. The third-order valence-corrected chi connectivity index (χ3v) is 3.65. The highest BCUT2D eigenvalue weighted by atomic mass is 16.6. The van der Waals surface area contributed by atoms with Gasteiger partial charge < -0.3 is 4.74 Å². The van der Waals surface area contributed by atoms with Crippen molar-refractivity contribution in [1.82, 2.24) is 10.4 Å². The Labute approximate surface area is 145 Å². The van der Waals surface area contributed by atoms with Crippen LogP contribution in [-0.2, 0) is 4.74 Å². The number of rotatable bonds is 1. The highest BCUT2D eigenvalue weighted by Crippen LogP contribution is 2.20. The number of hydrogen-bond donors (Lipinski definition) is 1. The molecule has 1 aromatic carbocycles. The average molecular weight is 334 g/mol. The second-order valence-electron chi connectivity index (χ2n) is 8.16. The minimum absolute atomic E-state index is 0.264. The fourth-order valence-corrected chi connectivity index (χ4v) is 2.20. The molecule has 1 N–H and O–H groups in total. The predicted octanol–water partition coefficient (Wildman–Crippen LogP) is 4.29. The van der Waals surface area contributed by atoms with E-state index in [1.807, 2.05) is 53.7 Å². The van der Waals surface area contributed by atoms with Crippen molar-refractivity contribution in [2.24, 2.45) is 0 Å². The molecule has 1 aromatic rings. The van der Waals surface area contributed by atoms with Crippen molar-refractivity contribution in [2.75, 3.05) is 0 Å². The van der Waals surface area contributed by atoms with Crippen LogP contribution in [0.5, 0.6) is 0 Å². The highest BCUT2D eigenvalue weighted by molar-refractivity contribution is 5.96. The summed E-state index contributed by atoms with van der Waals surface area (Å²) in [6.45, 7) is 16.9. The molecular weight excluding hydrogens is 304 g/mol. The smallest absolute Gasteiger partial charge is 0.426 e. The molecule has 1 rings (SSSR count). The van der Waals surface area contributed by atoms with E-state index in [1.165, 1.54) is 5.01 Å². The molecule has 0 atom stereocenters. The lowest BCUT2D eigenvalue weighted by Gasteiger charge is -2.36. The van der Waals surface area contributed by atoms with E-state index in [2.05, 4.69) is 5.43 Å². The van der Waals surface area contributed by atoms with Gasteiger partial charge in [-0.2, -0.15) is 0 Å². The number of nitrogens with one attached hydrogen (secondary N) is 1. The fraction of sp³-hybridized carbons (Fsp3) is 0.579. The van der Waals surface area contributed by atoms with Gasteiger partial charge in [0.2, 0.25) is 0 Å². The topological polar surface area (TPSA) is 58.6 Å². The van der Waals surface area contributed by atoms with Gasteiger partial charge in [-0.25, -0.2) is 15.2 Å². The number of hydrazine groups is 1. The molecule has 0 saturated carbocycles. The quantitative estimate of drug-likeness (QED) is 0.779. The zero-order valence-electron chi connectivity index (χ0n) is 16.3. The molecule has 0 bridgehead atoms. The van der Waals surface area contributed by atoms with Crippen LogP contribution < -0.4 is 5.43 Å². The molecule has 0 unspecified atom stereocenters. The maximum Gasteiger partial charge on any atom is 0.426 e. The first-order valence-electron chi connectivity index (χ1n) is 8.14. The number of benzene rings is 1. The van der Waals surface area contributed by atoms with Gasteiger partial charge in [-0.1, -0.05) is 0 Å². The molecule has 0 aliphatic carbocycles. The van der Waals surface area contributed by atoms with Gasteiger partial charge in [-0.3, -0.25) is 4.79 Å². The summed E-state index contributed by atoms with van der Waals surface area (Å²) in [6.07, 6.45) is -0.647. The fourth-order valence-electron chi connectivity index (χ4n) is 2.20. The van der Waals surface area contributed by atoms with Crippen molar-refractivity contribution in [1.29, 1.82) is 0 Å². The lowest BCUT2D eigenvalue weighted by atomic mass is 9.99. The Morgan fingerprint density at radius 2 is 1.42 bits per heavy atom. The monoisotopic (exact) mass is 334 g/mol. The third-order valence-electron chi connectivity index (χ3n) is 3.65. The summed E-state index contributed by atoms with van der Waals surface area (Å²) in [6, 6.07) is 3.69. The van der Waals surface area contributed by atoms with E-state index in [-0.39, 0.29) is 5.91 Å². The van der Waals surface area contributed by atoms with Gasteiger partial charge in [0.15, 0.2) is 0 Å². The second kappa shape index (κ2) is 6.83. The van der Waals surface area contributed by atoms with E-state index in [0.717, 1.165) is 16.7 Å². The molecule has 0 saturated heterocycles. The largest absolute Gasteiger partial charge is 0.443 e. The van der Waals surface area contributed by atoms with Gasteiger partial charge in [0.1, 0.15) is 5.60 Å². The van der Waals surface area contributed by atoms with Crippen LogP contribution in [0.3, 0.4) is 0 Å². The number of carbonyl (C=O) groups is 2. The summed E-state index contributed by atoms with van der Waals surface area (Å²) in [7, 11) is 0. The summed E-state index contributed by atoms with van der Waals surface area (Å²) in [5.41, 5.74) is 5.16. The van der Waals surface area contributed by atoms with Crippen molar-refractivity contribution in [3.8, 4) is 0 Å². The molecule has 0 spiro atoms. The summed E-state index contributed by atoms with van der Waals surface area (Å²) >= 11 is 0. The molecular formula is C19H30N2O3. The van der Waals surface area contributed by atoms with Crippen molar-refractivity contribution in [3.05, 3.63) is 34.4 Å². The summed E-state index contributed by atoms with van der Waals surface area (Å²) in [4.78, 5) is 25.1. The zero-order chi connectivity index (χ0) is 18.9. The Kier molecular flexibility index (Phi) is 5.70. The molecule has 0 fully saturated rings. The maximum atomic E-state index is 13.0. The lowest BCUT2D eigenvalue weighted by Crippen LogP contribution is -2.56. The van der Waals surface area contributed by atoms with Crippen LogP contribution in [0.1, 0.15) is 68.6 Å². The molecule has 134 valence electrons. The number of carbonyl (C=O) groups excluding carboxylic acids is 2. The van der Waals surface area contributed by atoms with E-state index in [4.69, 9.17) is 4.74 Å². The Balaban J connectivity index is 3.14. The molecule has 2 amide bonds. The SMILES string of the molecule is Cc1cc(C(=O)N(NC(=O)OC(C)(C)C)C(C)(C)C)cc(C)c1C. The van der Waals surface area contributed by atoms with E-state index in [0.29, 0.717) is 5.56 Å². The summed E-state index contributed by atoms with van der Waals surface area (Å²) in [5.74, 6) is -0.264. The van der Waals surface area contributed by atoms with Crippen LogP contribution in [0.2, 0.25) is 0 Å². The highest BCUT2D eigenvalue weighted by Gasteiger charge is 2.31. The van der Waals surface area contributed by atoms with Crippen molar-refractivity contribution in [3.63, 3.8) is 0 Å². The van der Waals surface area contributed by atoms with E-state index in [9.17, 15) is 9.59 Å². The summed E-state index contributed by atoms with van der Waals surface area (Å²) < 4.78 is 5.27. The van der Waals surface area contributed by atoms with Crippen LogP contribution >= 0.6 is 0 Å². The van der Waals surface area contributed by atoms with E-state index in [1.54, 1.807) is 20.8 Å². The molecule has 0 aliphatic heterocycles. The normalized spacial score (nSPS) is 11.9. The Bertz CT molecular complexity index is 614. The second-order valence-corrected chi connectivity index (χ2v) is 8.16. The summed E-state index contributed by atoms with van der Waals surface area (Å²) in [5, 5.41) is 1.32. The number of ether oxygens (including phenoxy) is 1.